The Bertz CT molecular complexity index is 857. The Morgan fingerprint density at radius 1 is 1.21 bits per heavy atom. The van der Waals surface area contributed by atoms with Crippen LogP contribution in [0.5, 0.6) is 0 Å². The highest BCUT2D eigenvalue weighted by Crippen LogP contribution is 2.20. The lowest BCUT2D eigenvalue weighted by Gasteiger charge is -2.01. The van der Waals surface area contributed by atoms with Gasteiger partial charge in [0.15, 0.2) is 18.2 Å². The number of aryl methyl sites for hydroxylation is 1. The number of aromatic nitrogens is 1. The van der Waals surface area contributed by atoms with E-state index in [1.54, 1.807) is 24.3 Å². The van der Waals surface area contributed by atoms with Crippen LogP contribution in [0.2, 0.25) is 5.02 Å². The number of hydrogen-bond acceptors (Lipinski definition) is 4. The Morgan fingerprint density at radius 2 is 2.00 bits per heavy atom. The van der Waals surface area contributed by atoms with Crippen molar-refractivity contribution in [3.05, 3.63) is 76.5 Å². The van der Waals surface area contributed by atoms with Gasteiger partial charge in [-0.15, -0.1) is 0 Å². The number of rotatable bonds is 5. The van der Waals surface area contributed by atoms with Crippen LogP contribution in [0.25, 0.3) is 11.3 Å². The highest BCUT2D eigenvalue weighted by atomic mass is 35.5. The minimum atomic E-state index is 0.139. The number of nitrogens with zero attached hydrogens (tertiary/aromatic N) is 2. The van der Waals surface area contributed by atoms with Crippen LogP contribution in [0, 0.1) is 6.92 Å². The van der Waals surface area contributed by atoms with E-state index in [-0.39, 0.29) is 12.4 Å². The van der Waals surface area contributed by atoms with Gasteiger partial charge in [-0.25, -0.2) is 0 Å². The van der Waals surface area contributed by atoms with Crippen molar-refractivity contribution in [3.8, 4) is 11.3 Å². The molecule has 2 aromatic carbocycles. The maximum Gasteiger partial charge on any atom is 0.177 e. The molecule has 3 rings (SSSR count). The Hall–Kier alpha value is -2.79. The van der Waals surface area contributed by atoms with E-state index in [2.05, 4.69) is 10.3 Å². The van der Waals surface area contributed by atoms with Crippen molar-refractivity contribution in [2.45, 2.75) is 13.5 Å². The standard InChI is InChI=1S/C18H16ClN3O2/c1-12-5-7-13(8-6-12)17-10-16(24-21-17)11-23-22-18(20)14-3-2-4-15(19)9-14/h2-10H,11H2,1H3,(H2,20,22). The average molecular weight is 342 g/mol. The molecular formula is C18H16ClN3O2. The fourth-order valence-electron chi connectivity index (χ4n) is 2.11. The number of nitrogens with two attached hydrogens (primary N) is 1. The molecule has 0 atom stereocenters. The molecule has 6 heteroatoms. The molecule has 2 N–H and O–H groups in total. The van der Waals surface area contributed by atoms with Crippen molar-refractivity contribution < 1.29 is 9.36 Å². The van der Waals surface area contributed by atoms with Gasteiger partial charge < -0.3 is 15.1 Å². The summed E-state index contributed by atoms with van der Waals surface area (Å²) in [5.74, 6) is 0.809. The van der Waals surface area contributed by atoms with E-state index in [0.29, 0.717) is 16.3 Å². The van der Waals surface area contributed by atoms with E-state index in [1.165, 1.54) is 5.56 Å². The van der Waals surface area contributed by atoms with Crippen LogP contribution >= 0.6 is 11.6 Å². The number of benzene rings is 2. The van der Waals surface area contributed by atoms with Gasteiger partial charge in [-0.1, -0.05) is 63.9 Å². The number of hydrogen-bond donors (Lipinski definition) is 1. The third-order valence-electron chi connectivity index (χ3n) is 3.40. The van der Waals surface area contributed by atoms with Crippen LogP contribution in [0.15, 0.2) is 64.3 Å². The molecule has 0 fully saturated rings. The number of amidine groups is 1. The largest absolute Gasteiger partial charge is 0.386 e. The lowest BCUT2D eigenvalue weighted by atomic mass is 10.1. The zero-order valence-corrected chi connectivity index (χ0v) is 13.8. The average Bonchev–Trinajstić information content (AvgIpc) is 3.04. The van der Waals surface area contributed by atoms with Crippen molar-refractivity contribution >= 4 is 17.4 Å². The summed E-state index contributed by atoms with van der Waals surface area (Å²) in [5, 5.41) is 8.49. The molecule has 0 unspecified atom stereocenters. The van der Waals surface area contributed by atoms with E-state index in [9.17, 15) is 0 Å². The van der Waals surface area contributed by atoms with Crippen LogP contribution in [0.1, 0.15) is 16.9 Å². The molecule has 0 bridgehead atoms. The first-order valence-corrected chi connectivity index (χ1v) is 7.73. The summed E-state index contributed by atoms with van der Waals surface area (Å²) in [6.07, 6.45) is 0. The molecule has 1 heterocycles. The Balaban J connectivity index is 1.63. The summed E-state index contributed by atoms with van der Waals surface area (Å²) >= 11 is 5.91. The minimum Gasteiger partial charge on any atom is -0.386 e. The SMILES string of the molecule is Cc1ccc(-c2cc(CO/N=C(/N)c3cccc(Cl)c3)on2)cc1. The van der Waals surface area contributed by atoms with Crippen LogP contribution in [0.4, 0.5) is 0 Å². The predicted octanol–water partition coefficient (Wildman–Crippen LogP) is 4.14. The molecule has 24 heavy (non-hydrogen) atoms. The Morgan fingerprint density at radius 3 is 2.75 bits per heavy atom. The molecule has 0 spiro atoms. The third-order valence-corrected chi connectivity index (χ3v) is 3.63. The lowest BCUT2D eigenvalue weighted by molar-refractivity contribution is 0.109. The van der Waals surface area contributed by atoms with E-state index >= 15 is 0 Å². The fourth-order valence-corrected chi connectivity index (χ4v) is 2.30. The quantitative estimate of drug-likeness (QED) is 0.430. The second-order valence-electron chi connectivity index (χ2n) is 5.30. The van der Waals surface area contributed by atoms with E-state index in [4.69, 9.17) is 26.7 Å². The summed E-state index contributed by atoms with van der Waals surface area (Å²) in [6, 6.07) is 16.9. The first kappa shape index (κ1) is 16.1. The maximum atomic E-state index is 5.91. The van der Waals surface area contributed by atoms with Crippen molar-refractivity contribution in [3.63, 3.8) is 0 Å². The van der Waals surface area contributed by atoms with Gasteiger partial charge in [0.2, 0.25) is 0 Å². The maximum absolute atomic E-state index is 5.91. The monoisotopic (exact) mass is 341 g/mol. The van der Waals surface area contributed by atoms with Crippen LogP contribution in [-0.2, 0) is 11.4 Å². The molecule has 0 saturated heterocycles. The molecule has 0 aliphatic heterocycles. The molecule has 0 saturated carbocycles. The van der Waals surface area contributed by atoms with Crippen LogP contribution in [0.3, 0.4) is 0 Å². The van der Waals surface area contributed by atoms with Crippen molar-refractivity contribution in [1.29, 1.82) is 0 Å². The van der Waals surface area contributed by atoms with Crippen molar-refractivity contribution in [2.75, 3.05) is 0 Å². The molecular weight excluding hydrogens is 326 g/mol. The van der Waals surface area contributed by atoms with Gasteiger partial charge in [-0.05, 0) is 19.1 Å². The van der Waals surface area contributed by atoms with E-state index < -0.39 is 0 Å². The highest BCUT2D eigenvalue weighted by molar-refractivity contribution is 6.31. The topological polar surface area (TPSA) is 73.6 Å². The first-order chi connectivity index (χ1) is 11.6. The number of oxime groups is 1. The van der Waals surface area contributed by atoms with Crippen molar-refractivity contribution in [1.82, 2.24) is 5.16 Å². The molecule has 0 radical (unpaired) electrons. The van der Waals surface area contributed by atoms with Gasteiger partial charge in [0.05, 0.1) is 0 Å². The first-order valence-electron chi connectivity index (χ1n) is 7.36. The van der Waals surface area contributed by atoms with Gasteiger partial charge in [-0.3, -0.25) is 0 Å². The molecule has 122 valence electrons. The van der Waals surface area contributed by atoms with E-state index in [1.807, 2.05) is 37.3 Å². The summed E-state index contributed by atoms with van der Waals surface area (Å²) in [6.45, 7) is 2.17. The molecule has 0 amide bonds. The minimum absolute atomic E-state index is 0.139. The lowest BCUT2D eigenvalue weighted by Crippen LogP contribution is -2.13. The Kier molecular flexibility index (Phi) is 4.82. The number of halogens is 1. The second kappa shape index (κ2) is 7.19. The van der Waals surface area contributed by atoms with Gasteiger partial charge in [0.25, 0.3) is 0 Å². The van der Waals surface area contributed by atoms with Crippen molar-refractivity contribution in [2.24, 2.45) is 10.9 Å². The second-order valence-corrected chi connectivity index (χ2v) is 5.74. The molecule has 0 aliphatic carbocycles. The highest BCUT2D eigenvalue weighted by Gasteiger charge is 2.07. The summed E-state index contributed by atoms with van der Waals surface area (Å²) in [7, 11) is 0. The zero-order valence-electron chi connectivity index (χ0n) is 13.1. The van der Waals surface area contributed by atoms with Gasteiger partial charge >= 0.3 is 0 Å². The molecule has 5 nitrogen and oxygen atoms in total. The predicted molar refractivity (Wildman–Crippen MR) is 93.6 cm³/mol. The molecule has 1 aromatic heterocycles. The normalized spacial score (nSPS) is 11.5. The van der Waals surface area contributed by atoms with Gasteiger partial charge in [0.1, 0.15) is 5.69 Å². The van der Waals surface area contributed by atoms with Crippen LogP contribution < -0.4 is 5.73 Å². The van der Waals surface area contributed by atoms with Gasteiger partial charge in [0, 0.05) is 22.2 Å². The summed E-state index contributed by atoms with van der Waals surface area (Å²) in [5.41, 5.74) is 9.48. The summed E-state index contributed by atoms with van der Waals surface area (Å²) < 4.78 is 5.25. The third kappa shape index (κ3) is 3.94. The smallest absolute Gasteiger partial charge is 0.177 e. The fraction of sp³-hybridized carbons (Fsp3) is 0.111. The van der Waals surface area contributed by atoms with Gasteiger partial charge in [-0.2, -0.15) is 0 Å². The van der Waals surface area contributed by atoms with Crippen LogP contribution in [-0.4, -0.2) is 11.0 Å². The van der Waals surface area contributed by atoms with E-state index in [0.717, 1.165) is 11.3 Å². The molecule has 0 aliphatic rings. The zero-order chi connectivity index (χ0) is 16.9. The summed E-state index contributed by atoms with van der Waals surface area (Å²) in [4.78, 5) is 5.23. The molecule has 3 aromatic rings. The Labute approximate surface area is 144 Å².